The number of hydrogen-bond acceptors (Lipinski definition) is 5. The van der Waals surface area contributed by atoms with Crippen LogP contribution in [-0.2, 0) is 29.0 Å². The Morgan fingerprint density at radius 3 is 2.75 bits per heavy atom. The summed E-state index contributed by atoms with van der Waals surface area (Å²) in [7, 11) is 0. The molecule has 0 aliphatic carbocycles. The first-order valence-corrected chi connectivity index (χ1v) is 10.6. The van der Waals surface area contributed by atoms with Crippen molar-refractivity contribution in [2.45, 2.75) is 26.4 Å². The van der Waals surface area contributed by atoms with Gasteiger partial charge in [0, 0.05) is 29.6 Å². The fourth-order valence-corrected chi connectivity index (χ4v) is 3.83. The lowest BCUT2D eigenvalue weighted by atomic mass is 9.93. The van der Waals surface area contributed by atoms with E-state index in [0.717, 1.165) is 27.8 Å². The number of nitrogens with two attached hydrogens (primary N) is 1. The number of rotatable bonds is 7. The molecule has 0 radical (unpaired) electrons. The molecule has 0 fully saturated rings. The number of ether oxygens (including phenoxy) is 1. The minimum absolute atomic E-state index is 0.0967. The molecule has 162 valence electrons. The maximum atomic E-state index is 13.2. The highest BCUT2D eigenvalue weighted by Gasteiger charge is 2.19. The van der Waals surface area contributed by atoms with Crippen molar-refractivity contribution in [3.8, 4) is 11.1 Å². The number of hydrogen-bond donors (Lipinski definition) is 2. The van der Waals surface area contributed by atoms with Crippen molar-refractivity contribution >= 4 is 23.8 Å². The van der Waals surface area contributed by atoms with Crippen molar-refractivity contribution in [2.24, 2.45) is 10.7 Å². The van der Waals surface area contributed by atoms with Gasteiger partial charge in [0.05, 0.1) is 19.6 Å². The van der Waals surface area contributed by atoms with E-state index >= 15 is 0 Å². The molecule has 1 aliphatic heterocycles. The summed E-state index contributed by atoms with van der Waals surface area (Å²) >= 11 is 0. The molecule has 0 bridgehead atoms. The highest BCUT2D eigenvalue weighted by molar-refractivity contribution is 6.07. The van der Waals surface area contributed by atoms with Gasteiger partial charge in [-0.25, -0.2) is 0 Å². The molecule has 1 heterocycles. The molecule has 0 saturated heterocycles. The number of esters is 1. The molecular formula is C26H25N3O3. The predicted molar refractivity (Wildman–Crippen MR) is 126 cm³/mol. The van der Waals surface area contributed by atoms with E-state index in [1.54, 1.807) is 13.0 Å². The van der Waals surface area contributed by atoms with Gasteiger partial charge >= 0.3 is 5.97 Å². The lowest BCUT2D eigenvalue weighted by Crippen LogP contribution is -2.16. The van der Waals surface area contributed by atoms with E-state index in [2.05, 4.69) is 10.3 Å². The molecule has 3 aromatic carbocycles. The molecule has 1 amide bonds. The van der Waals surface area contributed by atoms with Crippen LogP contribution in [-0.4, -0.2) is 24.7 Å². The second-order valence-corrected chi connectivity index (χ2v) is 7.56. The van der Waals surface area contributed by atoms with Crippen LogP contribution in [0.15, 0.2) is 65.7 Å². The molecule has 6 heteroatoms. The first-order valence-electron chi connectivity index (χ1n) is 10.6. The van der Waals surface area contributed by atoms with Crippen LogP contribution in [0.25, 0.3) is 11.1 Å². The molecular weight excluding hydrogens is 402 g/mol. The highest BCUT2D eigenvalue weighted by Crippen LogP contribution is 2.31. The summed E-state index contributed by atoms with van der Waals surface area (Å²) in [6, 6.07) is 19.0. The van der Waals surface area contributed by atoms with E-state index < -0.39 is 0 Å². The Hall–Kier alpha value is -3.77. The lowest BCUT2D eigenvalue weighted by Gasteiger charge is -2.14. The number of carbonyl (C=O) groups excluding carboxylic acids is 2. The number of benzene rings is 3. The van der Waals surface area contributed by atoms with Crippen LogP contribution >= 0.6 is 0 Å². The zero-order valence-corrected chi connectivity index (χ0v) is 17.9. The zero-order valence-electron chi connectivity index (χ0n) is 17.9. The summed E-state index contributed by atoms with van der Waals surface area (Å²) in [5, 5.41) is 2.96. The molecule has 3 N–H and O–H groups in total. The summed E-state index contributed by atoms with van der Waals surface area (Å²) in [4.78, 5) is 29.5. The van der Waals surface area contributed by atoms with E-state index in [4.69, 9.17) is 10.5 Å². The van der Waals surface area contributed by atoms with E-state index in [0.29, 0.717) is 36.5 Å². The number of para-hydroxylation sites is 1. The van der Waals surface area contributed by atoms with Gasteiger partial charge in [0.15, 0.2) is 0 Å². The van der Waals surface area contributed by atoms with Crippen molar-refractivity contribution in [3.63, 3.8) is 0 Å². The largest absolute Gasteiger partial charge is 0.466 e. The third-order valence-electron chi connectivity index (χ3n) is 5.39. The van der Waals surface area contributed by atoms with Crippen LogP contribution in [0.5, 0.6) is 0 Å². The monoisotopic (exact) mass is 427 g/mol. The van der Waals surface area contributed by atoms with Gasteiger partial charge in [-0.05, 0) is 59.0 Å². The second kappa shape index (κ2) is 9.58. The van der Waals surface area contributed by atoms with Crippen LogP contribution in [0.1, 0.15) is 39.5 Å². The van der Waals surface area contributed by atoms with Crippen LogP contribution in [0.4, 0.5) is 5.69 Å². The van der Waals surface area contributed by atoms with Crippen molar-refractivity contribution in [1.82, 2.24) is 0 Å². The van der Waals surface area contributed by atoms with E-state index in [-0.39, 0.29) is 18.3 Å². The van der Waals surface area contributed by atoms with E-state index in [1.165, 1.54) is 0 Å². The number of nitrogens with zero attached hydrogens (tertiary/aromatic N) is 1. The average molecular weight is 428 g/mol. The Morgan fingerprint density at radius 1 is 1.09 bits per heavy atom. The van der Waals surface area contributed by atoms with E-state index in [9.17, 15) is 9.59 Å². The molecule has 1 aliphatic rings. The van der Waals surface area contributed by atoms with Gasteiger partial charge in [-0.1, -0.05) is 36.4 Å². The Kier molecular flexibility index (Phi) is 6.42. The first kappa shape index (κ1) is 21.5. The van der Waals surface area contributed by atoms with Crippen LogP contribution in [0.3, 0.4) is 0 Å². The quantitative estimate of drug-likeness (QED) is 0.555. The van der Waals surface area contributed by atoms with Gasteiger partial charge in [-0.2, -0.15) is 0 Å². The molecule has 3 aromatic rings. The normalized spacial score (nSPS) is 11.8. The molecule has 0 atom stereocenters. The standard InChI is InChI=1S/C26H25N3O3/c1-2-32-25(30)13-19-7-3-4-9-24(19)29-26(31)20-11-21-15-28-16-23(21)22(12-20)18-8-5-6-17(10-18)14-27/h3-12,16H,2,13-15,27H2,1H3,(H,29,31). The Bertz CT molecular complexity index is 1200. The van der Waals surface area contributed by atoms with Gasteiger partial charge in [-0.3, -0.25) is 14.6 Å². The molecule has 4 rings (SSSR count). The number of fused-ring (bicyclic) bond motifs is 1. The number of carbonyl (C=O) groups is 2. The summed E-state index contributed by atoms with van der Waals surface area (Å²) in [5.41, 5.74) is 12.7. The fourth-order valence-electron chi connectivity index (χ4n) is 3.83. The summed E-state index contributed by atoms with van der Waals surface area (Å²) < 4.78 is 5.05. The number of aliphatic imine (C=N–C) groups is 1. The minimum Gasteiger partial charge on any atom is -0.466 e. The Labute approximate surface area is 187 Å². The number of anilines is 1. The van der Waals surface area contributed by atoms with Gasteiger partial charge in [0.2, 0.25) is 0 Å². The summed E-state index contributed by atoms with van der Waals surface area (Å²) in [5.74, 6) is -0.571. The fraction of sp³-hybridized carbons (Fsp3) is 0.192. The van der Waals surface area contributed by atoms with Crippen molar-refractivity contribution in [3.05, 3.63) is 88.5 Å². The van der Waals surface area contributed by atoms with E-state index in [1.807, 2.05) is 60.8 Å². The second-order valence-electron chi connectivity index (χ2n) is 7.56. The topological polar surface area (TPSA) is 93.8 Å². The maximum absolute atomic E-state index is 13.2. The predicted octanol–water partition coefficient (Wildman–Crippen LogP) is 4.10. The van der Waals surface area contributed by atoms with Gasteiger partial charge < -0.3 is 15.8 Å². The molecule has 0 unspecified atom stereocenters. The molecule has 32 heavy (non-hydrogen) atoms. The summed E-state index contributed by atoms with van der Waals surface area (Å²) in [6.07, 6.45) is 1.95. The van der Waals surface area contributed by atoms with Gasteiger partial charge in [0.25, 0.3) is 5.91 Å². The van der Waals surface area contributed by atoms with Crippen LogP contribution < -0.4 is 11.1 Å². The first-order chi connectivity index (χ1) is 15.6. The van der Waals surface area contributed by atoms with Crippen molar-refractivity contribution in [1.29, 1.82) is 0 Å². The lowest BCUT2D eigenvalue weighted by molar-refractivity contribution is -0.142. The zero-order chi connectivity index (χ0) is 22.5. The van der Waals surface area contributed by atoms with Crippen LogP contribution in [0.2, 0.25) is 0 Å². The van der Waals surface area contributed by atoms with Gasteiger partial charge in [0.1, 0.15) is 0 Å². The molecule has 0 aromatic heterocycles. The van der Waals surface area contributed by atoms with Gasteiger partial charge in [-0.15, -0.1) is 0 Å². The smallest absolute Gasteiger partial charge is 0.310 e. The molecule has 6 nitrogen and oxygen atoms in total. The molecule has 0 spiro atoms. The Balaban J connectivity index is 1.66. The minimum atomic E-state index is -0.328. The van der Waals surface area contributed by atoms with Crippen LogP contribution in [0, 0.1) is 0 Å². The average Bonchev–Trinajstić information content (AvgIpc) is 3.28. The van der Waals surface area contributed by atoms with Crippen molar-refractivity contribution in [2.75, 3.05) is 11.9 Å². The number of amides is 1. The highest BCUT2D eigenvalue weighted by atomic mass is 16.5. The SMILES string of the molecule is CCOC(=O)Cc1ccccc1NC(=O)c1cc2c(c(-c3cccc(CN)c3)c1)C=NC2. The number of nitrogens with one attached hydrogen (secondary N) is 1. The third kappa shape index (κ3) is 4.60. The molecule has 0 saturated carbocycles. The van der Waals surface area contributed by atoms with Crippen molar-refractivity contribution < 1.29 is 14.3 Å². The Morgan fingerprint density at radius 2 is 1.94 bits per heavy atom. The third-order valence-corrected chi connectivity index (χ3v) is 5.39. The maximum Gasteiger partial charge on any atom is 0.310 e. The summed E-state index contributed by atoms with van der Waals surface area (Å²) in [6.45, 7) is 3.07.